The Morgan fingerprint density at radius 1 is 1.28 bits per heavy atom. The topological polar surface area (TPSA) is 78.9 Å². The number of rotatable bonds is 6. The normalized spacial score (nSPS) is 18.1. The van der Waals surface area contributed by atoms with Crippen LogP contribution in [0, 0.1) is 6.92 Å². The molecule has 1 heterocycles. The molecule has 7 nitrogen and oxygen atoms in total. The number of carbonyl (C=O) groups excluding carboxylic acids is 1. The highest BCUT2D eigenvalue weighted by Gasteiger charge is 2.28. The first kappa shape index (κ1) is 19.8. The largest absolute Gasteiger partial charge is 0.383 e. The molecule has 0 spiro atoms. The Bertz CT molecular complexity index is 713. The number of hydrogen-bond donors (Lipinski definition) is 1. The van der Waals surface area contributed by atoms with E-state index in [0.717, 1.165) is 5.56 Å². The summed E-state index contributed by atoms with van der Waals surface area (Å²) < 4.78 is 32.2. The predicted octanol–water partition coefficient (Wildman–Crippen LogP) is 0.696. The van der Waals surface area contributed by atoms with Crippen molar-refractivity contribution in [1.82, 2.24) is 14.5 Å². The fourth-order valence-corrected chi connectivity index (χ4v) is 4.23. The van der Waals surface area contributed by atoms with Gasteiger partial charge in [-0.25, -0.2) is 8.42 Å². The molecule has 0 saturated carbocycles. The molecular weight excluding hydrogens is 342 g/mol. The Morgan fingerprint density at radius 3 is 2.52 bits per heavy atom. The van der Waals surface area contributed by atoms with Crippen LogP contribution in [0.4, 0.5) is 0 Å². The van der Waals surface area contributed by atoms with Gasteiger partial charge in [-0.1, -0.05) is 6.07 Å². The van der Waals surface area contributed by atoms with Crippen LogP contribution >= 0.6 is 0 Å². The summed E-state index contributed by atoms with van der Waals surface area (Å²) >= 11 is 0. The standard InChI is InChI=1S/C17H27N3O4S/c1-13-5-6-15(11-16(13)17(21)18-14(2)12-24-4)25(22,23)20-9-7-19(3)8-10-20/h5-6,11,14H,7-10,12H2,1-4H3,(H,18,21)/t14-/m1/s1. The van der Waals surface area contributed by atoms with Crippen LogP contribution in [0.5, 0.6) is 0 Å². The minimum absolute atomic E-state index is 0.158. The number of aryl methyl sites for hydroxylation is 1. The zero-order valence-corrected chi connectivity index (χ0v) is 16.1. The van der Waals surface area contributed by atoms with Crippen molar-refractivity contribution in [3.05, 3.63) is 29.3 Å². The number of nitrogens with one attached hydrogen (secondary N) is 1. The summed E-state index contributed by atoms with van der Waals surface area (Å²) in [6.07, 6.45) is 0. The number of ether oxygens (including phenoxy) is 1. The molecule has 25 heavy (non-hydrogen) atoms. The quantitative estimate of drug-likeness (QED) is 0.798. The molecule has 0 unspecified atom stereocenters. The van der Waals surface area contributed by atoms with Gasteiger partial charge in [0.05, 0.1) is 11.5 Å². The average molecular weight is 369 g/mol. The molecule has 0 radical (unpaired) electrons. The fourth-order valence-electron chi connectivity index (χ4n) is 2.78. The number of methoxy groups -OCH3 is 1. The molecule has 0 aromatic heterocycles. The van der Waals surface area contributed by atoms with E-state index in [1.165, 1.54) is 10.4 Å². The lowest BCUT2D eigenvalue weighted by molar-refractivity contribution is 0.0904. The van der Waals surface area contributed by atoms with Gasteiger partial charge in [0.25, 0.3) is 5.91 Å². The highest BCUT2D eigenvalue weighted by Crippen LogP contribution is 2.21. The van der Waals surface area contributed by atoms with Gasteiger partial charge in [-0.3, -0.25) is 4.79 Å². The molecule has 140 valence electrons. The van der Waals surface area contributed by atoms with E-state index < -0.39 is 10.0 Å². The third kappa shape index (κ3) is 4.78. The molecule has 1 aliphatic rings. The number of hydrogen-bond acceptors (Lipinski definition) is 5. The predicted molar refractivity (Wildman–Crippen MR) is 96.2 cm³/mol. The average Bonchev–Trinajstić information content (AvgIpc) is 2.55. The number of carbonyl (C=O) groups is 1. The van der Waals surface area contributed by atoms with Crippen molar-refractivity contribution in [2.24, 2.45) is 0 Å². The van der Waals surface area contributed by atoms with Gasteiger partial charge in [-0.05, 0) is 38.6 Å². The van der Waals surface area contributed by atoms with Gasteiger partial charge < -0.3 is 15.0 Å². The van der Waals surface area contributed by atoms with Gasteiger partial charge in [-0.15, -0.1) is 0 Å². The number of benzene rings is 1. The second-order valence-electron chi connectivity index (χ2n) is 6.51. The highest BCUT2D eigenvalue weighted by molar-refractivity contribution is 7.89. The summed E-state index contributed by atoms with van der Waals surface area (Å²) in [6, 6.07) is 4.56. The molecule has 1 aromatic carbocycles. The number of sulfonamides is 1. The number of piperazine rings is 1. The van der Waals surface area contributed by atoms with E-state index in [-0.39, 0.29) is 16.8 Å². The minimum atomic E-state index is -3.59. The van der Waals surface area contributed by atoms with Gasteiger partial charge in [-0.2, -0.15) is 4.31 Å². The van der Waals surface area contributed by atoms with Crippen LogP contribution in [0.15, 0.2) is 23.1 Å². The molecular formula is C17H27N3O4S. The molecule has 1 fully saturated rings. The maximum atomic E-state index is 12.9. The van der Waals surface area contributed by atoms with Crippen molar-refractivity contribution < 1.29 is 17.9 Å². The van der Waals surface area contributed by atoms with Gasteiger partial charge >= 0.3 is 0 Å². The number of nitrogens with zero attached hydrogens (tertiary/aromatic N) is 2. The van der Waals surface area contributed by atoms with E-state index >= 15 is 0 Å². The van der Waals surface area contributed by atoms with Crippen molar-refractivity contribution in [2.45, 2.75) is 24.8 Å². The Hall–Kier alpha value is -1.48. The van der Waals surface area contributed by atoms with Crippen LogP contribution in [0.25, 0.3) is 0 Å². The molecule has 1 amide bonds. The minimum Gasteiger partial charge on any atom is -0.383 e. The van der Waals surface area contributed by atoms with Crippen LogP contribution in [-0.2, 0) is 14.8 Å². The maximum absolute atomic E-state index is 12.9. The molecule has 1 atom stereocenters. The van der Waals surface area contributed by atoms with E-state index in [9.17, 15) is 13.2 Å². The van der Waals surface area contributed by atoms with Gasteiger partial charge in [0.1, 0.15) is 0 Å². The zero-order chi connectivity index (χ0) is 18.6. The summed E-state index contributed by atoms with van der Waals surface area (Å²) in [7, 11) is -0.0567. The molecule has 1 aliphatic heterocycles. The SMILES string of the molecule is COC[C@@H](C)NC(=O)c1cc(S(=O)(=O)N2CCN(C)CC2)ccc1C. The Labute approximate surface area is 150 Å². The Morgan fingerprint density at radius 2 is 1.92 bits per heavy atom. The highest BCUT2D eigenvalue weighted by atomic mass is 32.2. The van der Waals surface area contributed by atoms with Gasteiger partial charge in [0.15, 0.2) is 0 Å². The second kappa shape index (κ2) is 8.27. The fraction of sp³-hybridized carbons (Fsp3) is 0.588. The Kier molecular flexibility index (Phi) is 6.56. The van der Waals surface area contributed by atoms with E-state index in [4.69, 9.17) is 4.74 Å². The van der Waals surface area contributed by atoms with Crippen molar-refractivity contribution in [2.75, 3.05) is 46.9 Å². The second-order valence-corrected chi connectivity index (χ2v) is 8.45. The van der Waals surface area contributed by atoms with Crippen LogP contribution in [-0.4, -0.2) is 76.5 Å². The van der Waals surface area contributed by atoms with Crippen LogP contribution in [0.3, 0.4) is 0 Å². The smallest absolute Gasteiger partial charge is 0.251 e. The molecule has 2 rings (SSSR count). The lowest BCUT2D eigenvalue weighted by atomic mass is 10.1. The van der Waals surface area contributed by atoms with Crippen LogP contribution in [0.1, 0.15) is 22.8 Å². The molecule has 1 saturated heterocycles. The first-order valence-electron chi connectivity index (χ1n) is 8.35. The maximum Gasteiger partial charge on any atom is 0.251 e. The summed E-state index contributed by atoms with van der Waals surface area (Å²) in [4.78, 5) is 14.7. The van der Waals surface area contributed by atoms with Crippen LogP contribution in [0.2, 0.25) is 0 Å². The first-order valence-corrected chi connectivity index (χ1v) is 9.79. The lowest BCUT2D eigenvalue weighted by Crippen LogP contribution is -2.47. The summed E-state index contributed by atoms with van der Waals surface area (Å²) in [5.74, 6) is -0.294. The summed E-state index contributed by atoms with van der Waals surface area (Å²) in [6.45, 7) is 6.34. The number of amides is 1. The van der Waals surface area contributed by atoms with E-state index in [1.54, 1.807) is 26.2 Å². The molecule has 1 aromatic rings. The Balaban J connectivity index is 2.24. The van der Waals surface area contributed by atoms with Gasteiger partial charge in [0, 0.05) is 44.9 Å². The third-order valence-corrected chi connectivity index (χ3v) is 6.24. The van der Waals surface area contributed by atoms with Crippen LogP contribution < -0.4 is 5.32 Å². The third-order valence-electron chi connectivity index (χ3n) is 4.35. The van der Waals surface area contributed by atoms with Crippen molar-refractivity contribution >= 4 is 15.9 Å². The van der Waals surface area contributed by atoms with E-state index in [2.05, 4.69) is 10.2 Å². The first-order chi connectivity index (χ1) is 11.8. The van der Waals surface area contributed by atoms with E-state index in [1.807, 2.05) is 14.0 Å². The molecule has 8 heteroatoms. The molecule has 0 bridgehead atoms. The molecule has 1 N–H and O–H groups in total. The summed E-state index contributed by atoms with van der Waals surface area (Å²) in [5, 5.41) is 2.82. The zero-order valence-electron chi connectivity index (χ0n) is 15.3. The van der Waals surface area contributed by atoms with Gasteiger partial charge in [0.2, 0.25) is 10.0 Å². The van der Waals surface area contributed by atoms with Crippen molar-refractivity contribution in [3.8, 4) is 0 Å². The van der Waals surface area contributed by atoms with Crippen molar-refractivity contribution in [3.63, 3.8) is 0 Å². The van der Waals surface area contributed by atoms with Crippen molar-refractivity contribution in [1.29, 1.82) is 0 Å². The van der Waals surface area contributed by atoms with E-state index in [0.29, 0.717) is 38.3 Å². The summed E-state index contributed by atoms with van der Waals surface area (Å²) in [5.41, 5.74) is 1.11. The lowest BCUT2D eigenvalue weighted by Gasteiger charge is -2.31. The monoisotopic (exact) mass is 369 g/mol. The number of likely N-dealkylation sites (N-methyl/N-ethyl adjacent to an activating group) is 1. The molecule has 0 aliphatic carbocycles.